The van der Waals surface area contributed by atoms with Crippen molar-refractivity contribution in [2.75, 3.05) is 38.2 Å². The molecule has 1 aliphatic heterocycles. The van der Waals surface area contributed by atoms with Crippen LogP contribution in [-0.4, -0.2) is 51.5 Å². The van der Waals surface area contributed by atoms with Gasteiger partial charge in [0, 0.05) is 18.8 Å². The summed E-state index contributed by atoms with van der Waals surface area (Å²) in [5.74, 6) is 0.248. The van der Waals surface area contributed by atoms with Crippen molar-refractivity contribution in [3.63, 3.8) is 0 Å². The average Bonchev–Trinajstić information content (AvgIpc) is 2.73. The van der Waals surface area contributed by atoms with Crippen molar-refractivity contribution in [1.29, 1.82) is 0 Å². The van der Waals surface area contributed by atoms with Gasteiger partial charge in [0.15, 0.2) is 6.61 Å². The lowest BCUT2D eigenvalue weighted by Crippen LogP contribution is -2.40. The number of ether oxygens (including phenoxy) is 2. The summed E-state index contributed by atoms with van der Waals surface area (Å²) in [5, 5.41) is 2.70. The van der Waals surface area contributed by atoms with E-state index in [0.717, 1.165) is 5.56 Å². The standard InChI is InChI=1S/C22H28N2O5S/c1-22(2,3)17-6-4-8-19(14-17)29-16-21(25)23-18-7-5-9-20(15-18)30(26,27)24-10-12-28-13-11-24/h4-9,14-15H,10-13,16H2,1-3H3,(H,23,25). The largest absolute Gasteiger partial charge is 0.484 e. The molecule has 0 aliphatic carbocycles. The topological polar surface area (TPSA) is 84.9 Å². The first-order valence-electron chi connectivity index (χ1n) is 9.87. The Balaban J connectivity index is 1.63. The normalized spacial score (nSPS) is 15.6. The number of hydrogen-bond acceptors (Lipinski definition) is 5. The molecule has 1 heterocycles. The summed E-state index contributed by atoms with van der Waals surface area (Å²) >= 11 is 0. The molecule has 7 nitrogen and oxygen atoms in total. The zero-order chi connectivity index (χ0) is 21.8. The maximum atomic E-state index is 12.8. The molecule has 30 heavy (non-hydrogen) atoms. The molecular formula is C22H28N2O5S. The van der Waals surface area contributed by atoms with E-state index in [4.69, 9.17) is 9.47 Å². The molecule has 1 fully saturated rings. The van der Waals surface area contributed by atoms with Crippen LogP contribution in [0.4, 0.5) is 5.69 Å². The number of hydrogen-bond donors (Lipinski definition) is 1. The highest BCUT2D eigenvalue weighted by Gasteiger charge is 2.26. The summed E-state index contributed by atoms with van der Waals surface area (Å²) in [6.45, 7) is 7.55. The zero-order valence-corrected chi connectivity index (χ0v) is 18.4. The molecule has 1 amide bonds. The van der Waals surface area contributed by atoms with Crippen molar-refractivity contribution in [3.8, 4) is 5.75 Å². The molecule has 0 atom stereocenters. The molecule has 162 valence electrons. The lowest BCUT2D eigenvalue weighted by Gasteiger charge is -2.26. The Morgan fingerprint density at radius 3 is 2.50 bits per heavy atom. The number of sulfonamides is 1. The minimum Gasteiger partial charge on any atom is -0.484 e. The summed E-state index contributed by atoms with van der Waals surface area (Å²) in [4.78, 5) is 12.5. The second kappa shape index (κ2) is 9.16. The maximum absolute atomic E-state index is 12.8. The number of nitrogens with one attached hydrogen (secondary N) is 1. The van der Waals surface area contributed by atoms with E-state index in [1.165, 1.54) is 16.4 Å². The third-order valence-electron chi connectivity index (χ3n) is 4.80. The van der Waals surface area contributed by atoms with E-state index in [9.17, 15) is 13.2 Å². The second-order valence-electron chi connectivity index (χ2n) is 8.16. The molecule has 8 heteroatoms. The molecule has 2 aromatic rings. The van der Waals surface area contributed by atoms with Gasteiger partial charge in [-0.25, -0.2) is 8.42 Å². The number of nitrogens with zero attached hydrogens (tertiary/aromatic N) is 1. The molecule has 1 saturated heterocycles. The third kappa shape index (κ3) is 5.59. The maximum Gasteiger partial charge on any atom is 0.262 e. The molecule has 0 spiro atoms. The van der Waals surface area contributed by atoms with Gasteiger partial charge in [-0.05, 0) is 41.3 Å². The monoisotopic (exact) mass is 432 g/mol. The van der Waals surface area contributed by atoms with E-state index in [-0.39, 0.29) is 22.8 Å². The van der Waals surface area contributed by atoms with Gasteiger partial charge in [0.2, 0.25) is 10.0 Å². The highest BCUT2D eigenvalue weighted by Crippen LogP contribution is 2.25. The minimum atomic E-state index is -3.62. The molecule has 0 radical (unpaired) electrons. The van der Waals surface area contributed by atoms with Gasteiger partial charge in [0.25, 0.3) is 5.91 Å². The molecule has 0 saturated carbocycles. The van der Waals surface area contributed by atoms with Crippen LogP contribution >= 0.6 is 0 Å². The average molecular weight is 433 g/mol. The van der Waals surface area contributed by atoms with Crippen LogP contribution in [0.25, 0.3) is 0 Å². The summed E-state index contributed by atoms with van der Waals surface area (Å²) in [5.41, 5.74) is 1.50. The fourth-order valence-corrected chi connectivity index (χ4v) is 4.52. The summed E-state index contributed by atoms with van der Waals surface area (Å²) < 4.78 is 37.8. The van der Waals surface area contributed by atoms with Crippen molar-refractivity contribution in [3.05, 3.63) is 54.1 Å². The van der Waals surface area contributed by atoms with Crippen molar-refractivity contribution in [2.45, 2.75) is 31.1 Å². The highest BCUT2D eigenvalue weighted by molar-refractivity contribution is 7.89. The first-order valence-corrected chi connectivity index (χ1v) is 11.3. The predicted octanol–water partition coefficient (Wildman–Crippen LogP) is 3.02. The molecular weight excluding hydrogens is 404 g/mol. The van der Waals surface area contributed by atoms with Crippen LogP contribution < -0.4 is 10.1 Å². The molecule has 0 unspecified atom stereocenters. The van der Waals surface area contributed by atoms with Crippen molar-refractivity contribution in [2.24, 2.45) is 0 Å². The molecule has 0 bridgehead atoms. The third-order valence-corrected chi connectivity index (χ3v) is 6.69. The summed E-state index contributed by atoms with van der Waals surface area (Å²) in [6.07, 6.45) is 0. The number of morpholine rings is 1. The van der Waals surface area contributed by atoms with Crippen LogP contribution in [0, 0.1) is 0 Å². The van der Waals surface area contributed by atoms with Crippen LogP contribution in [0.15, 0.2) is 53.4 Å². The molecule has 3 rings (SSSR count). The fourth-order valence-electron chi connectivity index (χ4n) is 3.07. The van der Waals surface area contributed by atoms with Crippen LogP contribution in [0.1, 0.15) is 26.3 Å². The van der Waals surface area contributed by atoms with Gasteiger partial charge in [-0.2, -0.15) is 4.31 Å². The van der Waals surface area contributed by atoms with Crippen LogP contribution in [-0.2, 0) is 25.0 Å². The van der Waals surface area contributed by atoms with E-state index in [0.29, 0.717) is 37.7 Å². The first-order chi connectivity index (χ1) is 14.2. The molecule has 2 aromatic carbocycles. The predicted molar refractivity (Wildman–Crippen MR) is 115 cm³/mol. The van der Waals surface area contributed by atoms with Gasteiger partial charge in [-0.1, -0.05) is 39.0 Å². The molecule has 0 aromatic heterocycles. The number of rotatable bonds is 6. The van der Waals surface area contributed by atoms with Gasteiger partial charge in [0.05, 0.1) is 18.1 Å². The molecule has 1 N–H and O–H groups in total. The van der Waals surface area contributed by atoms with E-state index < -0.39 is 10.0 Å². The quantitative estimate of drug-likeness (QED) is 0.759. The number of amides is 1. The summed E-state index contributed by atoms with van der Waals surface area (Å²) in [6, 6.07) is 13.9. The van der Waals surface area contributed by atoms with E-state index in [2.05, 4.69) is 26.1 Å². The van der Waals surface area contributed by atoms with Crippen molar-refractivity contribution < 1.29 is 22.7 Å². The Bertz CT molecular complexity index is 993. The van der Waals surface area contributed by atoms with Gasteiger partial charge in [0.1, 0.15) is 5.75 Å². The number of carbonyl (C=O) groups is 1. The van der Waals surface area contributed by atoms with Gasteiger partial charge in [-0.15, -0.1) is 0 Å². The van der Waals surface area contributed by atoms with Gasteiger partial charge < -0.3 is 14.8 Å². The van der Waals surface area contributed by atoms with E-state index in [1.54, 1.807) is 18.2 Å². The Hall–Kier alpha value is -2.42. The minimum absolute atomic E-state index is 0.0198. The Morgan fingerprint density at radius 1 is 1.10 bits per heavy atom. The fraction of sp³-hybridized carbons (Fsp3) is 0.409. The van der Waals surface area contributed by atoms with E-state index >= 15 is 0 Å². The van der Waals surface area contributed by atoms with Crippen LogP contribution in [0.5, 0.6) is 5.75 Å². The van der Waals surface area contributed by atoms with Crippen LogP contribution in [0.2, 0.25) is 0 Å². The van der Waals surface area contributed by atoms with E-state index in [1.807, 2.05) is 18.2 Å². The Labute approximate surface area is 178 Å². The summed E-state index contributed by atoms with van der Waals surface area (Å²) in [7, 11) is -3.62. The Morgan fingerprint density at radius 2 is 1.80 bits per heavy atom. The lowest BCUT2D eigenvalue weighted by atomic mass is 9.87. The smallest absolute Gasteiger partial charge is 0.262 e. The Kier molecular flexibility index (Phi) is 6.80. The van der Waals surface area contributed by atoms with Gasteiger partial charge >= 0.3 is 0 Å². The zero-order valence-electron chi connectivity index (χ0n) is 17.6. The van der Waals surface area contributed by atoms with Crippen molar-refractivity contribution in [1.82, 2.24) is 4.31 Å². The first kappa shape index (κ1) is 22.3. The van der Waals surface area contributed by atoms with Crippen LogP contribution in [0.3, 0.4) is 0 Å². The highest BCUT2D eigenvalue weighted by atomic mass is 32.2. The van der Waals surface area contributed by atoms with Crippen molar-refractivity contribution >= 4 is 21.6 Å². The van der Waals surface area contributed by atoms with Gasteiger partial charge in [-0.3, -0.25) is 4.79 Å². The number of anilines is 1. The molecule has 1 aliphatic rings. The number of carbonyl (C=O) groups excluding carboxylic acids is 1. The SMILES string of the molecule is CC(C)(C)c1cccc(OCC(=O)Nc2cccc(S(=O)(=O)N3CCOCC3)c2)c1. The lowest BCUT2D eigenvalue weighted by molar-refractivity contribution is -0.118. The number of benzene rings is 2. The second-order valence-corrected chi connectivity index (χ2v) is 10.1.